The Morgan fingerprint density at radius 1 is 1.03 bits per heavy atom. The summed E-state index contributed by atoms with van der Waals surface area (Å²) in [6, 6.07) is 14.3. The molecule has 0 aliphatic heterocycles. The van der Waals surface area contributed by atoms with Crippen LogP contribution in [0.1, 0.15) is 42.6 Å². The van der Waals surface area contributed by atoms with Gasteiger partial charge < -0.3 is 10.2 Å². The van der Waals surface area contributed by atoms with Crippen molar-refractivity contribution >= 4 is 52.5 Å². The number of amides is 2. The Balaban J connectivity index is 1.91. The first-order chi connectivity index (χ1) is 14.4. The van der Waals surface area contributed by atoms with E-state index < -0.39 is 0 Å². The zero-order valence-corrected chi connectivity index (χ0v) is 18.7. The van der Waals surface area contributed by atoms with Crippen molar-refractivity contribution in [2.45, 2.75) is 26.7 Å². The van der Waals surface area contributed by atoms with E-state index in [9.17, 15) is 9.59 Å². The van der Waals surface area contributed by atoms with Gasteiger partial charge in [0.15, 0.2) is 5.11 Å². The number of hydrogen-bond donors (Lipinski definition) is 2. The summed E-state index contributed by atoms with van der Waals surface area (Å²) >= 11 is 11.2. The molecule has 2 amide bonds. The van der Waals surface area contributed by atoms with Crippen molar-refractivity contribution in [1.82, 2.24) is 10.2 Å². The molecule has 0 fully saturated rings. The molecule has 0 saturated heterocycles. The lowest BCUT2D eigenvalue weighted by molar-refractivity contribution is -0.115. The summed E-state index contributed by atoms with van der Waals surface area (Å²) < 4.78 is 0. The first-order valence-corrected chi connectivity index (χ1v) is 10.7. The molecule has 30 heavy (non-hydrogen) atoms. The van der Waals surface area contributed by atoms with Crippen LogP contribution in [0.4, 0.5) is 5.69 Å². The van der Waals surface area contributed by atoms with Crippen molar-refractivity contribution in [2.75, 3.05) is 18.4 Å². The third-order valence-electron chi connectivity index (χ3n) is 4.22. The van der Waals surface area contributed by atoms with E-state index in [1.807, 2.05) is 23.1 Å². The Bertz CT molecular complexity index is 907. The van der Waals surface area contributed by atoms with Gasteiger partial charge in [-0.25, -0.2) is 0 Å². The number of nitrogens with one attached hydrogen (secondary N) is 2. The maximum absolute atomic E-state index is 12.6. The molecule has 2 rings (SSSR count). The van der Waals surface area contributed by atoms with Gasteiger partial charge in [-0.05, 0) is 67.0 Å². The molecule has 0 aromatic heterocycles. The smallest absolute Gasteiger partial charge is 0.253 e. The first-order valence-electron chi connectivity index (χ1n) is 9.88. The lowest BCUT2D eigenvalue weighted by atomic mass is 10.1. The highest BCUT2D eigenvalue weighted by atomic mass is 35.5. The molecule has 0 aliphatic carbocycles. The van der Waals surface area contributed by atoms with Crippen LogP contribution < -0.4 is 10.6 Å². The number of rotatable bonds is 8. The predicted octanol–water partition coefficient (Wildman–Crippen LogP) is 5.13. The maximum atomic E-state index is 12.6. The van der Waals surface area contributed by atoms with Crippen molar-refractivity contribution in [3.63, 3.8) is 0 Å². The highest BCUT2D eigenvalue weighted by Crippen LogP contribution is 2.16. The molecular formula is C23H26ClN3O2S. The number of anilines is 1. The zero-order chi connectivity index (χ0) is 21.9. The fraction of sp³-hybridized carbons (Fsp3) is 0.261. The molecule has 2 N–H and O–H groups in total. The SMILES string of the molecule is CCCN(CCC)C(=O)c1ccc(NC(=S)NC(=O)/C=C/c2ccccc2Cl)cc1. The second-order valence-corrected chi connectivity index (χ2v) is 7.48. The van der Waals surface area contributed by atoms with Gasteiger partial charge in [0.25, 0.3) is 5.91 Å². The third-order valence-corrected chi connectivity index (χ3v) is 4.77. The van der Waals surface area contributed by atoms with Gasteiger partial charge in [-0.2, -0.15) is 0 Å². The van der Waals surface area contributed by atoms with Gasteiger partial charge in [-0.1, -0.05) is 43.6 Å². The minimum absolute atomic E-state index is 0.0193. The van der Waals surface area contributed by atoms with Gasteiger partial charge in [0.1, 0.15) is 0 Å². The Morgan fingerprint density at radius 2 is 1.67 bits per heavy atom. The van der Waals surface area contributed by atoms with Gasteiger partial charge in [-0.15, -0.1) is 0 Å². The summed E-state index contributed by atoms with van der Waals surface area (Å²) in [5, 5.41) is 6.26. The molecule has 0 spiro atoms. The van der Waals surface area contributed by atoms with Crippen LogP contribution >= 0.6 is 23.8 Å². The monoisotopic (exact) mass is 443 g/mol. The molecule has 5 nitrogen and oxygen atoms in total. The van der Waals surface area contributed by atoms with E-state index in [-0.39, 0.29) is 16.9 Å². The van der Waals surface area contributed by atoms with Gasteiger partial charge in [0.05, 0.1) is 0 Å². The molecule has 0 unspecified atom stereocenters. The van der Waals surface area contributed by atoms with Gasteiger partial charge in [-0.3, -0.25) is 14.9 Å². The predicted molar refractivity (Wildman–Crippen MR) is 128 cm³/mol. The van der Waals surface area contributed by atoms with Crippen molar-refractivity contribution in [2.24, 2.45) is 0 Å². The van der Waals surface area contributed by atoms with E-state index in [0.29, 0.717) is 16.3 Å². The summed E-state index contributed by atoms with van der Waals surface area (Å²) in [6.07, 6.45) is 4.83. The zero-order valence-electron chi connectivity index (χ0n) is 17.2. The van der Waals surface area contributed by atoms with Crippen molar-refractivity contribution in [1.29, 1.82) is 0 Å². The standard InChI is InChI=1S/C23H26ClN3O2S/c1-3-15-27(16-4-2)22(29)18-9-12-19(13-10-18)25-23(30)26-21(28)14-11-17-7-5-6-8-20(17)24/h5-14H,3-4,15-16H2,1-2H3,(H2,25,26,28,30)/b14-11+. The van der Waals surface area contributed by atoms with Crippen molar-refractivity contribution in [3.05, 3.63) is 70.8 Å². The number of halogens is 1. The van der Waals surface area contributed by atoms with Gasteiger partial charge in [0, 0.05) is 35.4 Å². The van der Waals surface area contributed by atoms with E-state index in [2.05, 4.69) is 24.5 Å². The molecule has 0 bridgehead atoms. The quantitative estimate of drug-likeness (QED) is 0.438. The lowest BCUT2D eigenvalue weighted by Gasteiger charge is -2.21. The second-order valence-electron chi connectivity index (χ2n) is 6.67. The fourth-order valence-electron chi connectivity index (χ4n) is 2.83. The lowest BCUT2D eigenvalue weighted by Crippen LogP contribution is -2.33. The van der Waals surface area contributed by atoms with Gasteiger partial charge in [0.2, 0.25) is 5.91 Å². The average molecular weight is 444 g/mol. The highest BCUT2D eigenvalue weighted by molar-refractivity contribution is 7.80. The van der Waals surface area contributed by atoms with Crippen LogP contribution in [-0.4, -0.2) is 34.9 Å². The Labute approximate surface area is 188 Å². The Morgan fingerprint density at radius 3 is 2.27 bits per heavy atom. The number of carbonyl (C=O) groups is 2. The van der Waals surface area contributed by atoms with Gasteiger partial charge >= 0.3 is 0 Å². The minimum atomic E-state index is -0.367. The summed E-state index contributed by atoms with van der Waals surface area (Å²) in [5.41, 5.74) is 2.05. The van der Waals surface area contributed by atoms with Crippen molar-refractivity contribution in [3.8, 4) is 0 Å². The van der Waals surface area contributed by atoms with E-state index in [1.165, 1.54) is 6.08 Å². The average Bonchev–Trinajstić information content (AvgIpc) is 2.73. The van der Waals surface area contributed by atoms with E-state index in [4.69, 9.17) is 23.8 Å². The topological polar surface area (TPSA) is 61.4 Å². The highest BCUT2D eigenvalue weighted by Gasteiger charge is 2.14. The van der Waals surface area contributed by atoms with Crippen LogP contribution in [-0.2, 0) is 4.79 Å². The molecule has 0 saturated carbocycles. The summed E-state index contributed by atoms with van der Waals surface area (Å²) in [4.78, 5) is 26.5. The second kappa shape index (κ2) is 12.1. The normalized spacial score (nSPS) is 10.6. The van der Waals surface area contributed by atoms with Crippen LogP contribution in [0.5, 0.6) is 0 Å². The molecule has 0 aliphatic rings. The summed E-state index contributed by atoms with van der Waals surface area (Å²) in [5.74, 6) is -0.347. The van der Waals surface area contributed by atoms with Crippen LogP contribution in [0.3, 0.4) is 0 Å². The largest absolute Gasteiger partial charge is 0.339 e. The van der Waals surface area contributed by atoms with E-state index in [1.54, 1.807) is 36.4 Å². The number of carbonyl (C=O) groups excluding carboxylic acids is 2. The molecular weight excluding hydrogens is 418 g/mol. The van der Waals surface area contributed by atoms with E-state index in [0.717, 1.165) is 31.5 Å². The number of benzene rings is 2. The third kappa shape index (κ3) is 7.28. The molecule has 158 valence electrons. The number of nitrogens with zero attached hydrogens (tertiary/aromatic N) is 1. The summed E-state index contributed by atoms with van der Waals surface area (Å²) in [6.45, 7) is 5.60. The van der Waals surface area contributed by atoms with E-state index >= 15 is 0 Å². The van der Waals surface area contributed by atoms with Crippen LogP contribution in [0.15, 0.2) is 54.6 Å². The van der Waals surface area contributed by atoms with Crippen LogP contribution in [0.2, 0.25) is 5.02 Å². The fourth-order valence-corrected chi connectivity index (χ4v) is 3.24. The minimum Gasteiger partial charge on any atom is -0.339 e. The molecule has 2 aromatic rings. The number of thiocarbonyl (C=S) groups is 1. The Kier molecular flexibility index (Phi) is 9.51. The molecule has 0 radical (unpaired) electrons. The maximum Gasteiger partial charge on any atom is 0.253 e. The van der Waals surface area contributed by atoms with Crippen molar-refractivity contribution < 1.29 is 9.59 Å². The molecule has 7 heteroatoms. The molecule has 2 aromatic carbocycles. The first kappa shape index (κ1) is 23.6. The summed E-state index contributed by atoms with van der Waals surface area (Å²) in [7, 11) is 0. The van der Waals surface area contributed by atoms with Crippen LogP contribution in [0.25, 0.3) is 6.08 Å². The Hall–Kier alpha value is -2.70. The molecule has 0 atom stereocenters. The number of hydrogen-bond acceptors (Lipinski definition) is 3. The van der Waals surface area contributed by atoms with Crippen LogP contribution in [0, 0.1) is 0 Å². The molecule has 0 heterocycles.